The zero-order valence-electron chi connectivity index (χ0n) is 12.0. The molecule has 0 aromatic heterocycles. The van der Waals surface area contributed by atoms with Crippen LogP contribution in [0, 0.1) is 13.8 Å². The summed E-state index contributed by atoms with van der Waals surface area (Å²) in [4.78, 5) is 0. The third-order valence-electron chi connectivity index (χ3n) is 2.96. The lowest BCUT2D eigenvalue weighted by molar-refractivity contribution is -0.133. The molecule has 1 aromatic carbocycles. The molecule has 0 heterocycles. The molecule has 102 valence electrons. The lowest BCUT2D eigenvalue weighted by Crippen LogP contribution is -2.31. The molecule has 0 amide bonds. The highest BCUT2D eigenvalue weighted by molar-refractivity contribution is 5.33. The first-order valence-corrected chi connectivity index (χ1v) is 6.68. The van der Waals surface area contributed by atoms with E-state index in [0.29, 0.717) is 13.2 Å². The first-order valence-electron chi connectivity index (χ1n) is 6.68. The van der Waals surface area contributed by atoms with Gasteiger partial charge in [0, 0.05) is 26.3 Å². The number of benzene rings is 1. The third kappa shape index (κ3) is 4.77. The first-order chi connectivity index (χ1) is 8.69. The lowest BCUT2D eigenvalue weighted by atomic mass is 10.0. The van der Waals surface area contributed by atoms with Crippen LogP contribution < -0.4 is 5.32 Å². The van der Waals surface area contributed by atoms with Gasteiger partial charge in [-0.1, -0.05) is 18.2 Å². The van der Waals surface area contributed by atoms with Crippen LogP contribution in [-0.4, -0.2) is 26.0 Å². The van der Waals surface area contributed by atoms with Crippen LogP contribution in [0.4, 0.5) is 0 Å². The maximum Gasteiger partial charge on any atom is 0.169 e. The average Bonchev–Trinajstić information content (AvgIpc) is 2.33. The van der Waals surface area contributed by atoms with Gasteiger partial charge in [-0.25, -0.2) is 0 Å². The van der Waals surface area contributed by atoms with Gasteiger partial charge in [-0.2, -0.15) is 0 Å². The number of hydrogen-bond acceptors (Lipinski definition) is 3. The van der Waals surface area contributed by atoms with E-state index in [-0.39, 0.29) is 6.29 Å². The average molecular weight is 251 g/mol. The Morgan fingerprint density at radius 1 is 1.06 bits per heavy atom. The van der Waals surface area contributed by atoms with Gasteiger partial charge in [0.05, 0.1) is 0 Å². The number of rotatable bonds is 8. The Hall–Kier alpha value is -0.900. The van der Waals surface area contributed by atoms with Crippen LogP contribution in [0.5, 0.6) is 0 Å². The summed E-state index contributed by atoms with van der Waals surface area (Å²) < 4.78 is 11.0. The zero-order chi connectivity index (χ0) is 13.4. The number of ether oxygens (including phenoxy) is 2. The molecule has 1 aromatic rings. The van der Waals surface area contributed by atoms with E-state index in [1.165, 1.54) is 16.7 Å². The second kappa shape index (κ2) is 8.25. The van der Waals surface area contributed by atoms with Crippen LogP contribution in [0.2, 0.25) is 0 Å². The predicted octanol–water partition coefficient (Wildman–Crippen LogP) is 2.79. The van der Waals surface area contributed by atoms with E-state index in [1.54, 1.807) is 0 Å². The van der Waals surface area contributed by atoms with Crippen molar-refractivity contribution in [3.8, 4) is 0 Å². The fraction of sp³-hybridized carbons (Fsp3) is 0.600. The molecule has 0 saturated carbocycles. The molecular formula is C15H25NO2. The van der Waals surface area contributed by atoms with E-state index in [2.05, 4.69) is 37.4 Å². The fourth-order valence-electron chi connectivity index (χ4n) is 1.98. The van der Waals surface area contributed by atoms with Crippen molar-refractivity contribution in [2.24, 2.45) is 0 Å². The van der Waals surface area contributed by atoms with Crippen LogP contribution in [0.1, 0.15) is 30.5 Å². The minimum Gasteiger partial charge on any atom is -0.352 e. The summed E-state index contributed by atoms with van der Waals surface area (Å²) in [7, 11) is 0. The van der Waals surface area contributed by atoms with Gasteiger partial charge in [0.2, 0.25) is 0 Å². The second-order valence-electron chi connectivity index (χ2n) is 4.34. The molecule has 0 saturated heterocycles. The Balaban J connectivity index is 2.44. The minimum absolute atomic E-state index is 0.149. The summed E-state index contributed by atoms with van der Waals surface area (Å²) >= 11 is 0. The standard InChI is InChI=1S/C15H25NO2/c1-5-17-15(18-6-2)11-16-10-14-12(3)8-7-9-13(14)4/h7-9,15-16H,5-6,10-11H2,1-4H3. The highest BCUT2D eigenvalue weighted by Gasteiger charge is 2.08. The Morgan fingerprint density at radius 3 is 2.11 bits per heavy atom. The van der Waals surface area contributed by atoms with E-state index in [0.717, 1.165) is 13.1 Å². The molecule has 0 unspecified atom stereocenters. The van der Waals surface area contributed by atoms with Crippen LogP contribution in [0.3, 0.4) is 0 Å². The fourth-order valence-corrected chi connectivity index (χ4v) is 1.98. The molecule has 3 nitrogen and oxygen atoms in total. The second-order valence-corrected chi connectivity index (χ2v) is 4.34. The van der Waals surface area contributed by atoms with Gasteiger partial charge in [0.15, 0.2) is 6.29 Å². The molecule has 0 bridgehead atoms. The third-order valence-corrected chi connectivity index (χ3v) is 2.96. The molecule has 18 heavy (non-hydrogen) atoms. The number of hydrogen-bond donors (Lipinski definition) is 1. The van der Waals surface area contributed by atoms with Crippen molar-refractivity contribution in [2.45, 2.75) is 40.5 Å². The molecule has 0 aliphatic rings. The van der Waals surface area contributed by atoms with Gasteiger partial charge in [0.25, 0.3) is 0 Å². The molecule has 1 N–H and O–H groups in total. The predicted molar refractivity (Wildman–Crippen MR) is 74.7 cm³/mol. The lowest BCUT2D eigenvalue weighted by Gasteiger charge is -2.18. The summed E-state index contributed by atoms with van der Waals surface area (Å²) in [6, 6.07) is 6.39. The van der Waals surface area contributed by atoms with Gasteiger partial charge in [-0.05, 0) is 44.4 Å². The highest BCUT2D eigenvalue weighted by Crippen LogP contribution is 2.12. The van der Waals surface area contributed by atoms with Crippen molar-refractivity contribution in [3.63, 3.8) is 0 Å². The van der Waals surface area contributed by atoms with Crippen LogP contribution >= 0.6 is 0 Å². The Labute approximate surface area is 110 Å². The first kappa shape index (κ1) is 15.2. The highest BCUT2D eigenvalue weighted by atomic mass is 16.7. The molecule has 3 heteroatoms. The Kier molecular flexibility index (Phi) is 6.94. The SMILES string of the molecule is CCOC(CNCc1c(C)cccc1C)OCC. The molecule has 0 spiro atoms. The van der Waals surface area contributed by atoms with Crippen molar-refractivity contribution in [2.75, 3.05) is 19.8 Å². The monoisotopic (exact) mass is 251 g/mol. The van der Waals surface area contributed by atoms with Crippen molar-refractivity contribution in [1.29, 1.82) is 0 Å². The van der Waals surface area contributed by atoms with Gasteiger partial charge in [-0.15, -0.1) is 0 Å². The topological polar surface area (TPSA) is 30.5 Å². The molecule has 0 atom stereocenters. The Bertz CT molecular complexity index is 326. The van der Waals surface area contributed by atoms with E-state index >= 15 is 0 Å². The van der Waals surface area contributed by atoms with Gasteiger partial charge in [0.1, 0.15) is 0 Å². The smallest absolute Gasteiger partial charge is 0.169 e. The molecule has 0 radical (unpaired) electrons. The summed E-state index contributed by atoms with van der Waals surface area (Å²) in [5, 5.41) is 3.40. The summed E-state index contributed by atoms with van der Waals surface area (Å²) in [5.41, 5.74) is 4.02. The summed E-state index contributed by atoms with van der Waals surface area (Å²) in [6.45, 7) is 11.2. The van der Waals surface area contributed by atoms with Crippen molar-refractivity contribution >= 4 is 0 Å². The van der Waals surface area contributed by atoms with Gasteiger partial charge >= 0.3 is 0 Å². The van der Waals surface area contributed by atoms with Crippen molar-refractivity contribution < 1.29 is 9.47 Å². The van der Waals surface area contributed by atoms with Gasteiger partial charge < -0.3 is 14.8 Å². The largest absolute Gasteiger partial charge is 0.352 e. The molecule has 0 aliphatic heterocycles. The zero-order valence-corrected chi connectivity index (χ0v) is 12.0. The molecule has 0 aliphatic carbocycles. The minimum atomic E-state index is -0.149. The van der Waals surface area contributed by atoms with E-state index in [4.69, 9.17) is 9.47 Å². The number of nitrogens with one attached hydrogen (secondary N) is 1. The summed E-state index contributed by atoms with van der Waals surface area (Å²) in [5.74, 6) is 0. The van der Waals surface area contributed by atoms with E-state index in [9.17, 15) is 0 Å². The van der Waals surface area contributed by atoms with Crippen molar-refractivity contribution in [1.82, 2.24) is 5.32 Å². The van der Waals surface area contributed by atoms with Crippen LogP contribution in [0.25, 0.3) is 0 Å². The maximum absolute atomic E-state index is 5.50. The van der Waals surface area contributed by atoms with Crippen molar-refractivity contribution in [3.05, 3.63) is 34.9 Å². The van der Waals surface area contributed by atoms with E-state index in [1.807, 2.05) is 13.8 Å². The van der Waals surface area contributed by atoms with E-state index < -0.39 is 0 Å². The summed E-state index contributed by atoms with van der Waals surface area (Å²) in [6.07, 6.45) is -0.149. The quantitative estimate of drug-likeness (QED) is 0.721. The molecular weight excluding hydrogens is 226 g/mol. The van der Waals surface area contributed by atoms with Gasteiger partial charge in [-0.3, -0.25) is 0 Å². The van der Waals surface area contributed by atoms with Crippen LogP contribution in [-0.2, 0) is 16.0 Å². The Morgan fingerprint density at radius 2 is 1.61 bits per heavy atom. The molecule has 0 fully saturated rings. The normalized spacial score (nSPS) is 11.2. The maximum atomic E-state index is 5.50. The van der Waals surface area contributed by atoms with Crippen LogP contribution in [0.15, 0.2) is 18.2 Å². The number of aryl methyl sites for hydroxylation is 2. The molecule has 1 rings (SSSR count).